The summed E-state index contributed by atoms with van der Waals surface area (Å²) in [5.41, 5.74) is 1.99. The Kier molecular flexibility index (Phi) is 2.78. The highest BCUT2D eigenvalue weighted by atomic mass is 15.3. The van der Waals surface area contributed by atoms with Crippen molar-refractivity contribution < 1.29 is 0 Å². The molecule has 1 unspecified atom stereocenters. The van der Waals surface area contributed by atoms with Crippen molar-refractivity contribution in [3.63, 3.8) is 0 Å². The van der Waals surface area contributed by atoms with Crippen LogP contribution >= 0.6 is 0 Å². The first-order valence-electron chi connectivity index (χ1n) is 5.22. The van der Waals surface area contributed by atoms with Crippen LogP contribution in [0.4, 0.5) is 5.95 Å². The van der Waals surface area contributed by atoms with Gasteiger partial charge in [0, 0.05) is 18.7 Å². The smallest absolute Gasteiger partial charge is 0.243 e. The summed E-state index contributed by atoms with van der Waals surface area (Å²) in [6.45, 7) is 4.03. The topological polar surface area (TPSA) is 42.2 Å². The number of hydrogen-bond donors (Lipinski definition) is 1. The van der Waals surface area contributed by atoms with E-state index in [0.717, 1.165) is 11.2 Å². The van der Waals surface area contributed by atoms with E-state index >= 15 is 0 Å². The van der Waals surface area contributed by atoms with Crippen LogP contribution in [0, 0.1) is 19.3 Å². The van der Waals surface area contributed by atoms with Gasteiger partial charge in [0.15, 0.2) is 5.65 Å². The number of pyridine rings is 1. The number of nitrogens with zero attached hydrogens (tertiary/aromatic N) is 3. The van der Waals surface area contributed by atoms with Crippen molar-refractivity contribution in [3.8, 4) is 12.3 Å². The predicted molar refractivity (Wildman–Crippen MR) is 64.3 cm³/mol. The third-order valence-electron chi connectivity index (χ3n) is 2.28. The number of nitrogens with one attached hydrogen (secondary N) is 1. The Morgan fingerprint density at radius 2 is 2.38 bits per heavy atom. The Morgan fingerprint density at radius 1 is 1.56 bits per heavy atom. The van der Waals surface area contributed by atoms with Crippen molar-refractivity contribution in [2.24, 2.45) is 0 Å². The fourth-order valence-corrected chi connectivity index (χ4v) is 1.50. The normalized spacial score (nSPS) is 12.3. The third-order valence-corrected chi connectivity index (χ3v) is 2.28. The molecule has 0 aromatic carbocycles. The zero-order valence-electron chi connectivity index (χ0n) is 9.44. The average molecular weight is 214 g/mol. The van der Waals surface area contributed by atoms with Gasteiger partial charge in [-0.25, -0.2) is 4.52 Å². The highest BCUT2D eigenvalue weighted by Crippen LogP contribution is 2.08. The van der Waals surface area contributed by atoms with Gasteiger partial charge >= 0.3 is 0 Å². The van der Waals surface area contributed by atoms with Crippen LogP contribution in [0.15, 0.2) is 18.3 Å². The van der Waals surface area contributed by atoms with Gasteiger partial charge in [0.25, 0.3) is 0 Å². The summed E-state index contributed by atoms with van der Waals surface area (Å²) in [5.74, 6) is 3.22. The molecule has 2 aromatic rings. The second kappa shape index (κ2) is 4.23. The van der Waals surface area contributed by atoms with Gasteiger partial charge in [-0.3, -0.25) is 0 Å². The van der Waals surface area contributed by atoms with E-state index in [4.69, 9.17) is 6.42 Å². The molecule has 1 atom stereocenters. The zero-order chi connectivity index (χ0) is 11.5. The molecule has 0 saturated heterocycles. The number of hydrogen-bond acceptors (Lipinski definition) is 3. The summed E-state index contributed by atoms with van der Waals surface area (Å²) in [6, 6.07) is 4.14. The molecule has 0 spiro atoms. The number of fused-ring (bicyclic) bond motifs is 1. The van der Waals surface area contributed by atoms with Crippen LogP contribution in [0.25, 0.3) is 5.65 Å². The molecule has 2 heterocycles. The Labute approximate surface area is 94.7 Å². The Balaban J connectivity index is 2.23. The maximum Gasteiger partial charge on any atom is 0.243 e. The molecule has 2 aromatic heterocycles. The van der Waals surface area contributed by atoms with Crippen LogP contribution in [0.1, 0.15) is 18.9 Å². The molecule has 0 saturated carbocycles. The molecule has 0 amide bonds. The van der Waals surface area contributed by atoms with Crippen molar-refractivity contribution in [1.82, 2.24) is 14.6 Å². The van der Waals surface area contributed by atoms with Crippen molar-refractivity contribution in [3.05, 3.63) is 23.9 Å². The lowest BCUT2D eigenvalue weighted by Gasteiger charge is -2.06. The maximum atomic E-state index is 5.24. The zero-order valence-corrected chi connectivity index (χ0v) is 9.44. The average Bonchev–Trinajstić information content (AvgIpc) is 2.59. The van der Waals surface area contributed by atoms with Crippen LogP contribution in [-0.4, -0.2) is 20.6 Å². The van der Waals surface area contributed by atoms with Gasteiger partial charge in [0.2, 0.25) is 5.95 Å². The molecule has 82 valence electrons. The molecule has 0 radical (unpaired) electrons. The Hall–Kier alpha value is -2.02. The standard InChI is InChI=1S/C12H14N4/c1-4-5-10(3)13-12-14-11-7-6-9(2)8-16(11)15-12/h1,6-8,10H,5H2,2-3H3,(H,13,15). The molecular weight excluding hydrogens is 200 g/mol. The van der Waals surface area contributed by atoms with Crippen LogP contribution in [0.2, 0.25) is 0 Å². The van der Waals surface area contributed by atoms with Crippen LogP contribution in [0.3, 0.4) is 0 Å². The summed E-state index contributed by atoms with van der Waals surface area (Å²) >= 11 is 0. The number of aromatic nitrogens is 3. The van der Waals surface area contributed by atoms with E-state index in [1.54, 1.807) is 4.52 Å². The number of rotatable bonds is 3. The van der Waals surface area contributed by atoms with E-state index < -0.39 is 0 Å². The monoisotopic (exact) mass is 214 g/mol. The second-order valence-corrected chi connectivity index (χ2v) is 3.90. The molecular formula is C12H14N4. The van der Waals surface area contributed by atoms with Crippen LogP contribution in [0.5, 0.6) is 0 Å². The van der Waals surface area contributed by atoms with Gasteiger partial charge in [0.1, 0.15) is 0 Å². The van der Waals surface area contributed by atoms with Crippen molar-refractivity contribution in [2.45, 2.75) is 26.3 Å². The summed E-state index contributed by atoms with van der Waals surface area (Å²) in [5, 5.41) is 7.49. The molecule has 4 nitrogen and oxygen atoms in total. The van der Waals surface area contributed by atoms with Gasteiger partial charge in [0.05, 0.1) is 0 Å². The fraction of sp³-hybridized carbons (Fsp3) is 0.333. The number of aryl methyl sites for hydroxylation is 1. The molecule has 2 rings (SSSR count). The lowest BCUT2D eigenvalue weighted by Crippen LogP contribution is -2.15. The largest absolute Gasteiger partial charge is 0.350 e. The summed E-state index contributed by atoms with van der Waals surface area (Å²) < 4.78 is 1.76. The van der Waals surface area contributed by atoms with Gasteiger partial charge in [-0.1, -0.05) is 6.07 Å². The lowest BCUT2D eigenvalue weighted by molar-refractivity contribution is 0.808. The first kappa shape index (κ1) is 10.5. The highest BCUT2D eigenvalue weighted by Gasteiger charge is 2.06. The van der Waals surface area contributed by atoms with Gasteiger partial charge in [-0.15, -0.1) is 17.4 Å². The minimum atomic E-state index is 0.184. The summed E-state index contributed by atoms with van der Waals surface area (Å²) in [7, 11) is 0. The molecule has 4 heteroatoms. The Morgan fingerprint density at radius 3 is 3.12 bits per heavy atom. The predicted octanol–water partition coefficient (Wildman–Crippen LogP) is 1.86. The van der Waals surface area contributed by atoms with Crippen molar-refractivity contribution >= 4 is 11.6 Å². The van der Waals surface area contributed by atoms with Gasteiger partial charge in [-0.2, -0.15) is 4.98 Å². The molecule has 1 N–H and O–H groups in total. The van der Waals surface area contributed by atoms with E-state index in [9.17, 15) is 0 Å². The minimum Gasteiger partial charge on any atom is -0.350 e. The molecule has 0 aliphatic heterocycles. The van der Waals surface area contributed by atoms with E-state index in [1.807, 2.05) is 32.2 Å². The third kappa shape index (κ3) is 2.14. The minimum absolute atomic E-state index is 0.184. The van der Waals surface area contributed by atoms with Crippen LogP contribution < -0.4 is 5.32 Å². The van der Waals surface area contributed by atoms with E-state index in [1.165, 1.54) is 0 Å². The summed E-state index contributed by atoms with van der Waals surface area (Å²) in [6.07, 6.45) is 7.85. The van der Waals surface area contributed by atoms with E-state index in [0.29, 0.717) is 12.4 Å². The number of terminal acetylenes is 1. The van der Waals surface area contributed by atoms with E-state index in [-0.39, 0.29) is 6.04 Å². The highest BCUT2D eigenvalue weighted by molar-refractivity contribution is 5.44. The van der Waals surface area contributed by atoms with Crippen molar-refractivity contribution in [2.75, 3.05) is 5.32 Å². The second-order valence-electron chi connectivity index (χ2n) is 3.90. The molecule has 0 aliphatic carbocycles. The summed E-state index contributed by atoms with van der Waals surface area (Å²) in [4.78, 5) is 4.35. The Bertz CT molecular complexity index is 535. The number of anilines is 1. The van der Waals surface area contributed by atoms with E-state index in [2.05, 4.69) is 21.3 Å². The lowest BCUT2D eigenvalue weighted by atomic mass is 10.2. The SMILES string of the molecule is C#CCC(C)Nc1nc2ccc(C)cn2n1. The quantitative estimate of drug-likeness (QED) is 0.793. The van der Waals surface area contributed by atoms with Crippen LogP contribution in [-0.2, 0) is 0 Å². The molecule has 0 bridgehead atoms. The maximum absolute atomic E-state index is 5.24. The van der Waals surface area contributed by atoms with Crippen molar-refractivity contribution in [1.29, 1.82) is 0 Å². The fourth-order valence-electron chi connectivity index (χ4n) is 1.50. The van der Waals surface area contributed by atoms with Gasteiger partial charge < -0.3 is 5.32 Å². The first-order valence-corrected chi connectivity index (χ1v) is 5.22. The molecule has 0 fully saturated rings. The molecule has 16 heavy (non-hydrogen) atoms. The molecule has 0 aliphatic rings. The first-order chi connectivity index (χ1) is 7.69. The van der Waals surface area contributed by atoms with Gasteiger partial charge in [-0.05, 0) is 25.5 Å².